The van der Waals surface area contributed by atoms with Gasteiger partial charge in [-0.25, -0.2) is 0 Å². The fraction of sp³-hybridized carbons (Fsp3) is 0.929. The van der Waals surface area contributed by atoms with E-state index in [1.807, 2.05) is 25.7 Å². The van der Waals surface area contributed by atoms with Crippen molar-refractivity contribution in [1.29, 1.82) is 0 Å². The van der Waals surface area contributed by atoms with Crippen molar-refractivity contribution in [3.63, 3.8) is 0 Å². The van der Waals surface area contributed by atoms with Gasteiger partial charge in [-0.1, -0.05) is 20.8 Å². The SMILES string of the molecule is CN(C)CCCN(C(=O)C(C)(C)C)C(C)(C)C. The first-order valence-corrected chi connectivity index (χ1v) is 6.43. The van der Waals surface area contributed by atoms with Crippen LogP contribution >= 0.6 is 0 Å². The van der Waals surface area contributed by atoms with Gasteiger partial charge in [-0.15, -0.1) is 0 Å². The van der Waals surface area contributed by atoms with E-state index in [0.717, 1.165) is 19.5 Å². The third-order valence-electron chi connectivity index (χ3n) is 2.68. The van der Waals surface area contributed by atoms with Crippen molar-refractivity contribution in [2.45, 2.75) is 53.5 Å². The molecule has 0 saturated carbocycles. The lowest BCUT2D eigenvalue weighted by molar-refractivity contribution is -0.144. The summed E-state index contributed by atoms with van der Waals surface area (Å²) in [5.41, 5.74) is -0.401. The maximum Gasteiger partial charge on any atom is 0.228 e. The third kappa shape index (κ3) is 6.06. The van der Waals surface area contributed by atoms with Crippen molar-refractivity contribution >= 4 is 5.91 Å². The lowest BCUT2D eigenvalue weighted by Crippen LogP contribution is -2.50. The first-order valence-electron chi connectivity index (χ1n) is 6.43. The molecule has 0 bridgehead atoms. The maximum atomic E-state index is 12.4. The first kappa shape index (κ1) is 16.4. The minimum absolute atomic E-state index is 0.101. The normalized spacial score (nSPS) is 13.0. The predicted octanol–water partition coefficient (Wildman–Crippen LogP) is 2.61. The molecule has 0 aliphatic rings. The average molecular weight is 242 g/mol. The number of carbonyl (C=O) groups excluding carboxylic acids is 1. The highest BCUT2D eigenvalue weighted by molar-refractivity contribution is 5.82. The summed E-state index contributed by atoms with van der Waals surface area (Å²) in [6.45, 7) is 14.1. The van der Waals surface area contributed by atoms with Crippen LogP contribution in [-0.2, 0) is 4.79 Å². The Balaban J connectivity index is 4.63. The van der Waals surface area contributed by atoms with E-state index in [9.17, 15) is 4.79 Å². The summed E-state index contributed by atoms with van der Waals surface area (Å²) in [5, 5.41) is 0. The second kappa shape index (κ2) is 5.85. The molecular formula is C14H30N2O. The molecule has 0 aromatic heterocycles. The van der Waals surface area contributed by atoms with Gasteiger partial charge < -0.3 is 9.80 Å². The van der Waals surface area contributed by atoms with Gasteiger partial charge in [-0.3, -0.25) is 4.79 Å². The molecule has 3 heteroatoms. The molecule has 3 nitrogen and oxygen atoms in total. The molecule has 1 amide bonds. The zero-order chi connectivity index (χ0) is 13.9. The Morgan fingerprint density at radius 2 is 1.41 bits per heavy atom. The van der Waals surface area contributed by atoms with E-state index in [4.69, 9.17) is 0 Å². The fourth-order valence-electron chi connectivity index (χ4n) is 1.69. The van der Waals surface area contributed by atoms with Crippen LogP contribution in [0.25, 0.3) is 0 Å². The summed E-state index contributed by atoms with van der Waals surface area (Å²) in [7, 11) is 4.13. The molecule has 0 spiro atoms. The van der Waals surface area contributed by atoms with Crippen LogP contribution in [0.2, 0.25) is 0 Å². The third-order valence-corrected chi connectivity index (χ3v) is 2.68. The molecule has 0 saturated heterocycles. The number of rotatable bonds is 4. The van der Waals surface area contributed by atoms with Crippen molar-refractivity contribution in [3.8, 4) is 0 Å². The summed E-state index contributed by atoms with van der Waals surface area (Å²) in [6.07, 6.45) is 1.02. The van der Waals surface area contributed by atoms with Gasteiger partial charge >= 0.3 is 0 Å². The summed E-state index contributed by atoms with van der Waals surface area (Å²) >= 11 is 0. The summed E-state index contributed by atoms with van der Waals surface area (Å²) < 4.78 is 0. The van der Waals surface area contributed by atoms with Gasteiger partial charge in [0.1, 0.15) is 0 Å². The summed E-state index contributed by atoms with van der Waals surface area (Å²) in [4.78, 5) is 16.6. The molecule has 0 aromatic rings. The highest BCUT2D eigenvalue weighted by Gasteiger charge is 2.33. The minimum atomic E-state index is -0.300. The van der Waals surface area contributed by atoms with Gasteiger partial charge in [0.2, 0.25) is 5.91 Å². The molecule has 0 N–H and O–H groups in total. The van der Waals surface area contributed by atoms with Gasteiger partial charge in [-0.05, 0) is 47.8 Å². The number of hydrogen-bond donors (Lipinski definition) is 0. The fourth-order valence-corrected chi connectivity index (χ4v) is 1.69. The molecule has 0 heterocycles. The van der Waals surface area contributed by atoms with E-state index in [1.165, 1.54) is 0 Å². The molecule has 0 radical (unpaired) electrons. The lowest BCUT2D eigenvalue weighted by Gasteiger charge is -2.40. The second-order valence-electron chi connectivity index (χ2n) is 7.03. The van der Waals surface area contributed by atoms with E-state index >= 15 is 0 Å². The van der Waals surface area contributed by atoms with Gasteiger partial charge in [0, 0.05) is 17.5 Å². The van der Waals surface area contributed by atoms with Gasteiger partial charge in [0.05, 0.1) is 0 Å². The van der Waals surface area contributed by atoms with Crippen LogP contribution in [-0.4, -0.2) is 48.4 Å². The number of hydrogen-bond acceptors (Lipinski definition) is 2. The maximum absolute atomic E-state index is 12.4. The molecule has 0 aliphatic heterocycles. The molecule has 0 aliphatic carbocycles. The molecular weight excluding hydrogens is 212 g/mol. The number of nitrogens with zero attached hydrogens (tertiary/aromatic N) is 2. The molecule has 0 aromatic carbocycles. The van der Waals surface area contributed by atoms with Gasteiger partial charge in [0.25, 0.3) is 0 Å². The second-order valence-corrected chi connectivity index (χ2v) is 7.03. The Labute approximate surface area is 107 Å². The van der Waals surface area contributed by atoms with E-state index in [1.54, 1.807) is 0 Å². The summed E-state index contributed by atoms with van der Waals surface area (Å²) in [5.74, 6) is 0.240. The van der Waals surface area contributed by atoms with Crippen molar-refractivity contribution in [1.82, 2.24) is 9.80 Å². The van der Waals surface area contributed by atoms with E-state index in [0.29, 0.717) is 0 Å². The van der Waals surface area contributed by atoms with Crippen LogP contribution in [0.5, 0.6) is 0 Å². The standard InChI is InChI=1S/C14H30N2O/c1-13(2,3)12(17)16(14(4,5)6)11-9-10-15(7)8/h9-11H2,1-8H3. The Morgan fingerprint density at radius 3 is 1.71 bits per heavy atom. The number of amides is 1. The minimum Gasteiger partial charge on any atom is -0.337 e. The van der Waals surface area contributed by atoms with Crippen LogP contribution in [0.4, 0.5) is 0 Å². The predicted molar refractivity (Wildman–Crippen MR) is 74.1 cm³/mol. The van der Waals surface area contributed by atoms with E-state index in [2.05, 4.69) is 39.8 Å². The average Bonchev–Trinajstić information content (AvgIpc) is 2.07. The quantitative estimate of drug-likeness (QED) is 0.756. The molecule has 0 unspecified atom stereocenters. The molecule has 0 atom stereocenters. The first-order chi connectivity index (χ1) is 7.46. The lowest BCUT2D eigenvalue weighted by atomic mass is 9.91. The van der Waals surface area contributed by atoms with Gasteiger partial charge in [0.15, 0.2) is 0 Å². The van der Waals surface area contributed by atoms with Crippen molar-refractivity contribution < 1.29 is 4.79 Å². The molecule has 17 heavy (non-hydrogen) atoms. The molecule has 0 fully saturated rings. The van der Waals surface area contributed by atoms with Crippen LogP contribution in [0.3, 0.4) is 0 Å². The Hall–Kier alpha value is -0.570. The number of carbonyl (C=O) groups is 1. The van der Waals surface area contributed by atoms with E-state index < -0.39 is 0 Å². The molecule has 0 rings (SSSR count). The van der Waals surface area contributed by atoms with Crippen LogP contribution < -0.4 is 0 Å². The van der Waals surface area contributed by atoms with Crippen LogP contribution in [0, 0.1) is 5.41 Å². The van der Waals surface area contributed by atoms with Crippen LogP contribution in [0.1, 0.15) is 48.0 Å². The zero-order valence-electron chi connectivity index (χ0n) is 12.9. The van der Waals surface area contributed by atoms with Crippen molar-refractivity contribution in [2.75, 3.05) is 27.2 Å². The monoisotopic (exact) mass is 242 g/mol. The topological polar surface area (TPSA) is 23.6 Å². The highest BCUT2D eigenvalue weighted by atomic mass is 16.2. The largest absolute Gasteiger partial charge is 0.337 e. The van der Waals surface area contributed by atoms with Crippen molar-refractivity contribution in [2.24, 2.45) is 5.41 Å². The highest BCUT2D eigenvalue weighted by Crippen LogP contribution is 2.24. The van der Waals surface area contributed by atoms with E-state index in [-0.39, 0.29) is 16.9 Å². The smallest absolute Gasteiger partial charge is 0.228 e. The summed E-state index contributed by atoms with van der Waals surface area (Å²) in [6, 6.07) is 0. The van der Waals surface area contributed by atoms with Crippen LogP contribution in [0.15, 0.2) is 0 Å². The van der Waals surface area contributed by atoms with Gasteiger partial charge in [-0.2, -0.15) is 0 Å². The van der Waals surface area contributed by atoms with Crippen molar-refractivity contribution in [3.05, 3.63) is 0 Å². The Bertz CT molecular complexity index is 246. The zero-order valence-corrected chi connectivity index (χ0v) is 12.9. The Kier molecular flexibility index (Phi) is 5.66. The Morgan fingerprint density at radius 1 is 0.941 bits per heavy atom. The molecule has 102 valence electrons.